The zero-order chi connectivity index (χ0) is 17.4. The van der Waals surface area contributed by atoms with Gasteiger partial charge in [-0.3, -0.25) is 9.98 Å². The Morgan fingerprint density at radius 1 is 1.21 bits per heavy atom. The molecular weight excluding hydrogens is 302 g/mol. The van der Waals surface area contributed by atoms with E-state index in [9.17, 15) is 0 Å². The van der Waals surface area contributed by atoms with E-state index in [-0.39, 0.29) is 0 Å². The number of nitrogens with one attached hydrogen (secondary N) is 2. The Labute approximate surface area is 143 Å². The van der Waals surface area contributed by atoms with Crippen LogP contribution < -0.4 is 10.6 Å². The maximum atomic E-state index is 5.39. The first-order valence-electron chi connectivity index (χ1n) is 8.50. The van der Waals surface area contributed by atoms with Crippen LogP contribution in [0, 0.1) is 6.92 Å². The average molecular weight is 329 g/mol. The molecule has 0 atom stereocenters. The third kappa shape index (κ3) is 4.81. The van der Waals surface area contributed by atoms with Gasteiger partial charge in [0.25, 0.3) is 0 Å². The number of guanidine groups is 1. The fourth-order valence-corrected chi connectivity index (χ4v) is 2.50. The average Bonchev–Trinajstić information content (AvgIpc) is 3.01. The standard InChI is InChI=1S/C18H27N5O/c1-5-16-15(17(6-2)24-23-16)12-22-18(19-4)20-10-9-14-8-7-13(3)21-11-14/h7-8,11H,5-6,9-10,12H2,1-4H3,(H2,19,20,22). The summed E-state index contributed by atoms with van der Waals surface area (Å²) in [5.41, 5.74) is 4.41. The van der Waals surface area contributed by atoms with Crippen LogP contribution in [-0.2, 0) is 25.8 Å². The second-order valence-electron chi connectivity index (χ2n) is 5.65. The highest BCUT2D eigenvalue weighted by Gasteiger charge is 2.13. The molecule has 0 saturated heterocycles. The third-order valence-electron chi connectivity index (χ3n) is 3.94. The predicted molar refractivity (Wildman–Crippen MR) is 96.1 cm³/mol. The number of hydrogen-bond donors (Lipinski definition) is 2. The number of pyridine rings is 1. The van der Waals surface area contributed by atoms with Crippen molar-refractivity contribution in [2.24, 2.45) is 4.99 Å². The van der Waals surface area contributed by atoms with Crippen LogP contribution in [0.4, 0.5) is 0 Å². The first-order valence-corrected chi connectivity index (χ1v) is 8.50. The summed E-state index contributed by atoms with van der Waals surface area (Å²) < 4.78 is 5.39. The van der Waals surface area contributed by atoms with Gasteiger partial charge in [0.1, 0.15) is 5.76 Å². The van der Waals surface area contributed by atoms with Gasteiger partial charge < -0.3 is 15.2 Å². The summed E-state index contributed by atoms with van der Waals surface area (Å²) in [6, 6.07) is 4.14. The molecule has 0 radical (unpaired) electrons. The molecule has 0 saturated carbocycles. The molecule has 6 heteroatoms. The SMILES string of the molecule is CCc1noc(CC)c1CNC(=NC)NCCc1ccc(C)nc1. The molecule has 0 bridgehead atoms. The van der Waals surface area contributed by atoms with Crippen LogP contribution in [-0.4, -0.2) is 29.7 Å². The van der Waals surface area contributed by atoms with Gasteiger partial charge in [-0.25, -0.2) is 0 Å². The summed E-state index contributed by atoms with van der Waals surface area (Å²) >= 11 is 0. The summed E-state index contributed by atoms with van der Waals surface area (Å²) in [4.78, 5) is 8.59. The van der Waals surface area contributed by atoms with Gasteiger partial charge >= 0.3 is 0 Å². The highest BCUT2D eigenvalue weighted by molar-refractivity contribution is 5.79. The summed E-state index contributed by atoms with van der Waals surface area (Å²) in [7, 11) is 1.78. The molecule has 0 aromatic carbocycles. The lowest BCUT2D eigenvalue weighted by Gasteiger charge is -2.12. The molecule has 0 fully saturated rings. The van der Waals surface area contributed by atoms with Gasteiger partial charge in [0, 0.05) is 44.0 Å². The minimum Gasteiger partial charge on any atom is -0.361 e. The Hall–Kier alpha value is -2.37. The van der Waals surface area contributed by atoms with E-state index in [0.717, 1.165) is 54.5 Å². The molecule has 2 aromatic rings. The molecule has 2 aromatic heterocycles. The van der Waals surface area contributed by atoms with Crippen molar-refractivity contribution in [3.8, 4) is 0 Å². The number of rotatable bonds is 7. The zero-order valence-electron chi connectivity index (χ0n) is 15.0. The fourth-order valence-electron chi connectivity index (χ4n) is 2.50. The van der Waals surface area contributed by atoms with Crippen molar-refractivity contribution in [2.75, 3.05) is 13.6 Å². The molecule has 2 heterocycles. The van der Waals surface area contributed by atoms with Crippen LogP contribution in [0.15, 0.2) is 27.8 Å². The van der Waals surface area contributed by atoms with Crippen LogP contribution in [0.5, 0.6) is 0 Å². The molecule has 0 spiro atoms. The van der Waals surface area contributed by atoms with Crippen LogP contribution >= 0.6 is 0 Å². The van der Waals surface area contributed by atoms with E-state index in [1.807, 2.05) is 19.2 Å². The quantitative estimate of drug-likeness (QED) is 0.603. The molecule has 0 aliphatic carbocycles. The maximum absolute atomic E-state index is 5.39. The molecule has 2 N–H and O–H groups in total. The van der Waals surface area contributed by atoms with E-state index < -0.39 is 0 Å². The van der Waals surface area contributed by atoms with Gasteiger partial charge in [-0.05, 0) is 31.4 Å². The molecule has 0 unspecified atom stereocenters. The first-order chi connectivity index (χ1) is 11.7. The number of nitrogens with zero attached hydrogens (tertiary/aromatic N) is 3. The molecule has 0 aliphatic rings. The van der Waals surface area contributed by atoms with E-state index >= 15 is 0 Å². The molecule has 6 nitrogen and oxygen atoms in total. The van der Waals surface area contributed by atoms with E-state index in [1.165, 1.54) is 5.56 Å². The topological polar surface area (TPSA) is 75.3 Å². The minimum atomic E-state index is 0.668. The Morgan fingerprint density at radius 2 is 2.04 bits per heavy atom. The van der Waals surface area contributed by atoms with Crippen molar-refractivity contribution >= 4 is 5.96 Å². The highest BCUT2D eigenvalue weighted by Crippen LogP contribution is 2.15. The molecule has 2 rings (SSSR count). The largest absolute Gasteiger partial charge is 0.361 e. The maximum Gasteiger partial charge on any atom is 0.191 e. The van der Waals surface area contributed by atoms with Gasteiger partial charge in [0.05, 0.1) is 5.69 Å². The van der Waals surface area contributed by atoms with Gasteiger partial charge in [-0.1, -0.05) is 25.1 Å². The van der Waals surface area contributed by atoms with Crippen LogP contribution in [0.25, 0.3) is 0 Å². The predicted octanol–water partition coefficient (Wildman–Crippen LogP) is 2.41. The van der Waals surface area contributed by atoms with Crippen molar-refractivity contribution < 1.29 is 4.52 Å². The Kier molecular flexibility index (Phi) is 6.78. The van der Waals surface area contributed by atoms with Gasteiger partial charge in [0.2, 0.25) is 0 Å². The van der Waals surface area contributed by atoms with E-state index in [2.05, 4.69) is 45.7 Å². The van der Waals surface area contributed by atoms with Crippen LogP contribution in [0.3, 0.4) is 0 Å². The van der Waals surface area contributed by atoms with Crippen molar-refractivity contribution in [2.45, 2.75) is 46.6 Å². The van der Waals surface area contributed by atoms with Crippen molar-refractivity contribution in [3.05, 3.63) is 46.6 Å². The van der Waals surface area contributed by atoms with E-state index in [1.54, 1.807) is 7.05 Å². The van der Waals surface area contributed by atoms with E-state index in [4.69, 9.17) is 4.52 Å². The molecule has 0 aliphatic heterocycles. The van der Waals surface area contributed by atoms with Crippen LogP contribution in [0.1, 0.15) is 42.1 Å². The second kappa shape index (κ2) is 9.05. The van der Waals surface area contributed by atoms with E-state index in [0.29, 0.717) is 6.54 Å². The number of aromatic nitrogens is 2. The fraction of sp³-hybridized carbons (Fsp3) is 0.500. The van der Waals surface area contributed by atoms with Gasteiger partial charge in [-0.2, -0.15) is 0 Å². The Bertz CT molecular complexity index is 639. The molecule has 130 valence electrons. The van der Waals surface area contributed by atoms with Crippen molar-refractivity contribution in [1.29, 1.82) is 0 Å². The van der Waals surface area contributed by atoms with Gasteiger partial charge in [-0.15, -0.1) is 0 Å². The van der Waals surface area contributed by atoms with Crippen molar-refractivity contribution in [3.63, 3.8) is 0 Å². The number of hydrogen-bond acceptors (Lipinski definition) is 4. The van der Waals surface area contributed by atoms with Crippen molar-refractivity contribution in [1.82, 2.24) is 20.8 Å². The Morgan fingerprint density at radius 3 is 2.67 bits per heavy atom. The lowest BCUT2D eigenvalue weighted by Crippen LogP contribution is -2.38. The summed E-state index contributed by atoms with van der Waals surface area (Å²) in [5, 5.41) is 10.8. The number of aryl methyl sites for hydroxylation is 3. The Balaban J connectivity index is 1.84. The summed E-state index contributed by atoms with van der Waals surface area (Å²) in [6.07, 6.45) is 4.54. The minimum absolute atomic E-state index is 0.668. The normalized spacial score (nSPS) is 11.6. The summed E-state index contributed by atoms with van der Waals surface area (Å²) in [5.74, 6) is 1.72. The lowest BCUT2D eigenvalue weighted by molar-refractivity contribution is 0.380. The van der Waals surface area contributed by atoms with Crippen LogP contribution in [0.2, 0.25) is 0 Å². The molecular formula is C18H27N5O. The monoisotopic (exact) mass is 329 g/mol. The summed E-state index contributed by atoms with van der Waals surface area (Å²) in [6.45, 7) is 7.63. The molecule has 0 amide bonds. The first kappa shape index (κ1) is 18.0. The van der Waals surface area contributed by atoms with Gasteiger partial charge in [0.15, 0.2) is 5.96 Å². The highest BCUT2D eigenvalue weighted by atomic mass is 16.5. The number of aliphatic imine (C=N–C) groups is 1. The molecule has 24 heavy (non-hydrogen) atoms. The smallest absolute Gasteiger partial charge is 0.191 e. The zero-order valence-corrected chi connectivity index (χ0v) is 15.0. The second-order valence-corrected chi connectivity index (χ2v) is 5.65. The lowest BCUT2D eigenvalue weighted by atomic mass is 10.1. The third-order valence-corrected chi connectivity index (χ3v) is 3.94.